The van der Waals surface area contributed by atoms with Gasteiger partial charge in [0.15, 0.2) is 9.84 Å². The molecule has 3 N–H and O–H groups in total. The Labute approximate surface area is 116 Å². The molecule has 0 radical (unpaired) electrons. The summed E-state index contributed by atoms with van der Waals surface area (Å²) in [4.78, 5) is 2.27. The van der Waals surface area contributed by atoms with Crippen LogP contribution in [0.3, 0.4) is 0 Å². The van der Waals surface area contributed by atoms with E-state index >= 15 is 0 Å². The number of nitrogens with zero attached hydrogens (tertiary/aromatic N) is 2. The Bertz CT molecular complexity index is 406. The molecule has 1 aliphatic heterocycles. The lowest BCUT2D eigenvalue weighted by Crippen LogP contribution is -2.66. The van der Waals surface area contributed by atoms with E-state index < -0.39 is 15.4 Å². The molecule has 1 heterocycles. The third-order valence-corrected chi connectivity index (χ3v) is 6.19. The number of sulfone groups is 1. The van der Waals surface area contributed by atoms with Gasteiger partial charge in [-0.3, -0.25) is 0 Å². The normalized spacial score (nSPS) is 34.8. The Kier molecular flexibility index (Phi) is 4.52. The lowest BCUT2D eigenvalue weighted by Gasteiger charge is -2.42. The second-order valence-corrected chi connectivity index (χ2v) is 8.20. The van der Waals surface area contributed by atoms with E-state index in [1.54, 1.807) is 0 Å². The molecule has 2 fully saturated rings. The van der Waals surface area contributed by atoms with Gasteiger partial charge in [0.2, 0.25) is 0 Å². The summed E-state index contributed by atoms with van der Waals surface area (Å²) in [6, 6.07) is 0. The molecule has 0 aromatic carbocycles. The van der Waals surface area contributed by atoms with E-state index in [0.717, 1.165) is 45.4 Å². The molecule has 6 nitrogen and oxygen atoms in total. The average Bonchev–Trinajstić information content (AvgIpc) is 2.76. The highest BCUT2D eigenvalue weighted by molar-refractivity contribution is 7.91. The molecule has 0 aromatic rings. The number of rotatable bonds is 4. The van der Waals surface area contributed by atoms with Crippen LogP contribution in [0, 0.1) is 0 Å². The first-order valence-corrected chi connectivity index (χ1v) is 8.93. The summed E-state index contributed by atoms with van der Waals surface area (Å²) in [7, 11) is -0.961. The van der Waals surface area contributed by atoms with Crippen molar-refractivity contribution in [1.29, 1.82) is 0 Å². The van der Waals surface area contributed by atoms with Crippen LogP contribution < -0.4 is 11.2 Å². The summed E-state index contributed by atoms with van der Waals surface area (Å²) in [5.74, 6) is 0. The zero-order chi connectivity index (χ0) is 14.1. The smallest absolute Gasteiger partial charge is 0.152 e. The van der Waals surface area contributed by atoms with E-state index in [1.165, 1.54) is 6.26 Å². The summed E-state index contributed by atoms with van der Waals surface area (Å²) in [5, 5.41) is 1.79. The Morgan fingerprint density at radius 1 is 1.32 bits per heavy atom. The van der Waals surface area contributed by atoms with Crippen LogP contribution in [-0.4, -0.2) is 75.1 Å². The molecule has 0 amide bonds. The number of nitrogens with two attached hydrogens (primary N) is 1. The molecule has 2 aliphatic rings. The molecule has 7 heteroatoms. The molecule has 0 aromatic heterocycles. The van der Waals surface area contributed by atoms with E-state index in [2.05, 4.69) is 22.4 Å². The number of nitrogens with one attached hydrogen (secondary N) is 1. The number of hydrogen-bond acceptors (Lipinski definition) is 6. The summed E-state index contributed by atoms with van der Waals surface area (Å²) in [6.07, 6.45) is 3.82. The van der Waals surface area contributed by atoms with E-state index in [0.29, 0.717) is 6.54 Å². The van der Waals surface area contributed by atoms with Gasteiger partial charge in [-0.15, -0.1) is 0 Å². The minimum absolute atomic E-state index is 0.357. The third kappa shape index (κ3) is 3.28. The number of piperazine rings is 1. The zero-order valence-electron chi connectivity index (χ0n) is 11.9. The lowest BCUT2D eigenvalue weighted by atomic mass is 9.98. The van der Waals surface area contributed by atoms with Crippen molar-refractivity contribution in [3.63, 3.8) is 0 Å². The Morgan fingerprint density at radius 3 is 2.47 bits per heavy atom. The van der Waals surface area contributed by atoms with Crippen LogP contribution in [0.1, 0.15) is 19.3 Å². The van der Waals surface area contributed by atoms with Gasteiger partial charge in [-0.05, 0) is 19.9 Å². The second-order valence-electron chi connectivity index (χ2n) is 5.97. The van der Waals surface area contributed by atoms with E-state index in [-0.39, 0.29) is 5.25 Å². The molecule has 1 saturated heterocycles. The van der Waals surface area contributed by atoms with Gasteiger partial charge in [0, 0.05) is 39.0 Å². The third-order valence-electron chi connectivity index (χ3n) is 4.47. The monoisotopic (exact) mass is 290 g/mol. The summed E-state index contributed by atoms with van der Waals surface area (Å²) in [5.41, 5.74) is 8.93. The van der Waals surface area contributed by atoms with E-state index in [1.807, 2.05) is 0 Å². The Balaban J connectivity index is 2.09. The quantitative estimate of drug-likeness (QED) is 0.694. The molecule has 2 rings (SSSR count). The van der Waals surface area contributed by atoms with Crippen LogP contribution in [0.25, 0.3) is 0 Å². The molecule has 0 bridgehead atoms. The Hall–Kier alpha value is -0.210. The molecule has 2 unspecified atom stereocenters. The fourth-order valence-corrected chi connectivity index (χ4v) is 4.99. The summed E-state index contributed by atoms with van der Waals surface area (Å²) < 4.78 is 24.0. The van der Waals surface area contributed by atoms with E-state index in [9.17, 15) is 8.42 Å². The molecule has 112 valence electrons. The van der Waals surface area contributed by atoms with E-state index in [4.69, 9.17) is 5.73 Å². The van der Waals surface area contributed by atoms with Gasteiger partial charge in [-0.1, -0.05) is 6.42 Å². The highest BCUT2D eigenvalue weighted by atomic mass is 32.2. The Morgan fingerprint density at radius 2 is 1.95 bits per heavy atom. The van der Waals surface area contributed by atoms with Crippen molar-refractivity contribution < 1.29 is 8.42 Å². The summed E-state index contributed by atoms with van der Waals surface area (Å²) >= 11 is 0. The van der Waals surface area contributed by atoms with Crippen molar-refractivity contribution >= 4 is 9.84 Å². The van der Waals surface area contributed by atoms with Gasteiger partial charge < -0.3 is 10.6 Å². The van der Waals surface area contributed by atoms with Gasteiger partial charge in [0.05, 0.1) is 10.8 Å². The van der Waals surface area contributed by atoms with Crippen LogP contribution in [0.15, 0.2) is 0 Å². The maximum atomic E-state index is 12.0. The van der Waals surface area contributed by atoms with Crippen molar-refractivity contribution in [2.24, 2.45) is 5.73 Å². The van der Waals surface area contributed by atoms with Gasteiger partial charge >= 0.3 is 0 Å². The SMILES string of the molecule is CN1CCN(NC2(CN)CCCC2S(C)(=O)=O)CC1. The first kappa shape index (κ1) is 15.2. The highest BCUT2D eigenvalue weighted by Gasteiger charge is 2.48. The maximum absolute atomic E-state index is 12.0. The number of likely N-dealkylation sites (N-methyl/N-ethyl adjacent to an activating group) is 1. The first-order valence-electron chi connectivity index (χ1n) is 6.98. The van der Waals surface area contributed by atoms with Crippen molar-refractivity contribution in [3.05, 3.63) is 0 Å². The molecule has 0 spiro atoms. The molecule has 2 atom stereocenters. The topological polar surface area (TPSA) is 78.7 Å². The van der Waals surface area contributed by atoms with Crippen LogP contribution in [0.2, 0.25) is 0 Å². The van der Waals surface area contributed by atoms with Crippen LogP contribution in [-0.2, 0) is 9.84 Å². The zero-order valence-corrected chi connectivity index (χ0v) is 12.7. The van der Waals surface area contributed by atoms with Gasteiger partial charge in [-0.25, -0.2) is 18.9 Å². The van der Waals surface area contributed by atoms with Gasteiger partial charge in [-0.2, -0.15) is 0 Å². The van der Waals surface area contributed by atoms with Crippen molar-refractivity contribution in [3.8, 4) is 0 Å². The predicted molar refractivity (Wildman–Crippen MR) is 76.5 cm³/mol. The van der Waals surface area contributed by atoms with Crippen molar-refractivity contribution in [2.45, 2.75) is 30.1 Å². The van der Waals surface area contributed by atoms with Gasteiger partial charge in [0.25, 0.3) is 0 Å². The number of hydrogen-bond donors (Lipinski definition) is 2. The second kappa shape index (κ2) is 5.65. The van der Waals surface area contributed by atoms with Crippen LogP contribution in [0.4, 0.5) is 0 Å². The van der Waals surface area contributed by atoms with Crippen molar-refractivity contribution in [2.75, 3.05) is 46.0 Å². The molecular weight excluding hydrogens is 264 g/mol. The molecule has 19 heavy (non-hydrogen) atoms. The minimum Gasteiger partial charge on any atom is -0.329 e. The van der Waals surface area contributed by atoms with Crippen LogP contribution >= 0.6 is 0 Å². The summed E-state index contributed by atoms with van der Waals surface area (Å²) in [6.45, 7) is 4.19. The largest absolute Gasteiger partial charge is 0.329 e. The highest BCUT2D eigenvalue weighted by Crippen LogP contribution is 2.34. The minimum atomic E-state index is -3.06. The molecular formula is C12H26N4O2S. The fraction of sp³-hybridized carbons (Fsp3) is 1.00. The molecule has 1 saturated carbocycles. The molecule has 1 aliphatic carbocycles. The number of hydrazine groups is 1. The first-order chi connectivity index (χ1) is 8.87. The maximum Gasteiger partial charge on any atom is 0.152 e. The standard InChI is InChI=1S/C12H26N4O2S/c1-15-6-8-16(9-7-15)14-12(10-13)5-3-4-11(12)19(2,17)18/h11,14H,3-10,13H2,1-2H3. The lowest BCUT2D eigenvalue weighted by molar-refractivity contribution is 0.0576. The average molecular weight is 290 g/mol. The predicted octanol–water partition coefficient (Wildman–Crippen LogP) is -0.967. The van der Waals surface area contributed by atoms with Crippen LogP contribution in [0.5, 0.6) is 0 Å². The fourth-order valence-electron chi connectivity index (χ4n) is 3.30. The van der Waals surface area contributed by atoms with Gasteiger partial charge in [0.1, 0.15) is 0 Å². The van der Waals surface area contributed by atoms with Crippen molar-refractivity contribution in [1.82, 2.24) is 15.3 Å².